The zero-order chi connectivity index (χ0) is 21.7. The second kappa shape index (κ2) is 9.76. The molecule has 1 saturated heterocycles. The van der Waals surface area contributed by atoms with Crippen LogP contribution in [-0.4, -0.2) is 61.8 Å². The zero-order valence-electron chi connectivity index (χ0n) is 18.0. The van der Waals surface area contributed by atoms with Gasteiger partial charge in [-0.05, 0) is 62.3 Å². The Morgan fingerprint density at radius 2 is 1.70 bits per heavy atom. The highest BCUT2D eigenvalue weighted by atomic mass is 32.2. The molecule has 1 aliphatic rings. The van der Waals surface area contributed by atoms with Crippen molar-refractivity contribution in [2.45, 2.75) is 36.6 Å². The first-order valence-corrected chi connectivity index (χ1v) is 11.9. The van der Waals surface area contributed by atoms with Crippen molar-refractivity contribution in [3.05, 3.63) is 53.9 Å². The van der Waals surface area contributed by atoms with E-state index in [0.717, 1.165) is 17.4 Å². The summed E-state index contributed by atoms with van der Waals surface area (Å²) in [6.45, 7) is 2.57. The number of rotatable bonds is 7. The molecule has 0 aliphatic carbocycles. The number of aromatic nitrogens is 1. The molecule has 2 heterocycles. The van der Waals surface area contributed by atoms with Gasteiger partial charge in [0.05, 0.1) is 10.9 Å². The first kappa shape index (κ1) is 22.5. The molecule has 1 atom stereocenters. The normalized spacial score (nSPS) is 16.9. The third kappa shape index (κ3) is 5.11. The molecule has 1 aromatic heterocycles. The van der Waals surface area contributed by atoms with Crippen molar-refractivity contribution in [3.8, 4) is 0 Å². The summed E-state index contributed by atoms with van der Waals surface area (Å²) in [4.78, 5) is 15.4. The predicted octanol–water partition coefficient (Wildman–Crippen LogP) is 2.62. The van der Waals surface area contributed by atoms with Gasteiger partial charge in [-0.2, -0.15) is 0 Å². The number of benzene rings is 1. The lowest BCUT2D eigenvalue weighted by Gasteiger charge is -2.31. The minimum absolute atomic E-state index is 0.112. The van der Waals surface area contributed by atoms with Gasteiger partial charge in [-0.15, -0.1) is 0 Å². The fourth-order valence-corrected chi connectivity index (χ4v) is 4.83. The first-order valence-electron chi connectivity index (χ1n) is 10.5. The van der Waals surface area contributed by atoms with Crippen molar-refractivity contribution in [2.75, 3.05) is 33.7 Å². The maximum atomic E-state index is 12.8. The van der Waals surface area contributed by atoms with E-state index in [1.54, 1.807) is 12.1 Å². The molecule has 1 amide bonds. The third-order valence-corrected chi connectivity index (χ3v) is 7.59. The molecule has 2 aromatic rings. The molecule has 1 aliphatic heterocycles. The van der Waals surface area contributed by atoms with Crippen LogP contribution in [0, 0.1) is 0 Å². The zero-order valence-corrected chi connectivity index (χ0v) is 18.9. The van der Waals surface area contributed by atoms with Crippen LogP contribution in [0.1, 0.15) is 47.8 Å². The van der Waals surface area contributed by atoms with Gasteiger partial charge in [0.25, 0.3) is 5.91 Å². The van der Waals surface area contributed by atoms with E-state index in [4.69, 9.17) is 0 Å². The highest BCUT2D eigenvalue weighted by molar-refractivity contribution is 7.89. The summed E-state index contributed by atoms with van der Waals surface area (Å²) in [6.07, 6.45) is 6.90. The summed E-state index contributed by atoms with van der Waals surface area (Å²) in [5.74, 6) is -0.196. The second-order valence-electron chi connectivity index (χ2n) is 8.03. The summed E-state index contributed by atoms with van der Waals surface area (Å²) >= 11 is 0. The molecule has 3 rings (SSSR count). The molecule has 0 bridgehead atoms. The average molecular weight is 433 g/mol. The largest absolute Gasteiger partial charge is 0.353 e. The van der Waals surface area contributed by atoms with Gasteiger partial charge in [-0.25, -0.2) is 12.7 Å². The summed E-state index contributed by atoms with van der Waals surface area (Å²) in [6, 6.07) is 10.3. The van der Waals surface area contributed by atoms with Gasteiger partial charge >= 0.3 is 0 Å². The summed E-state index contributed by atoms with van der Waals surface area (Å²) in [7, 11) is 1.51. The van der Waals surface area contributed by atoms with Crippen LogP contribution in [0.4, 0.5) is 0 Å². The number of carbonyl (C=O) groups is 1. The van der Waals surface area contributed by atoms with E-state index in [2.05, 4.69) is 20.9 Å². The highest BCUT2D eigenvalue weighted by Crippen LogP contribution is 2.24. The van der Waals surface area contributed by atoms with E-state index in [9.17, 15) is 13.2 Å². The number of sulfonamides is 1. The summed E-state index contributed by atoms with van der Waals surface area (Å²) in [5, 5.41) is 3.06. The maximum absolute atomic E-state index is 12.8. The van der Waals surface area contributed by atoms with Crippen molar-refractivity contribution in [1.29, 1.82) is 0 Å². The molecular weight excluding hydrogens is 400 g/mol. The lowest BCUT2D eigenvalue weighted by Crippen LogP contribution is -2.39. The van der Waals surface area contributed by atoms with E-state index in [0.29, 0.717) is 12.1 Å². The lowest BCUT2D eigenvalue weighted by atomic mass is 10.1. The van der Waals surface area contributed by atoms with Crippen molar-refractivity contribution in [3.63, 3.8) is 0 Å². The minimum atomic E-state index is -3.51. The number of aryl methyl sites for hydroxylation is 1. The van der Waals surface area contributed by atoms with E-state index >= 15 is 0 Å². The van der Waals surface area contributed by atoms with Gasteiger partial charge in [-0.1, -0.05) is 12.8 Å². The molecule has 1 fully saturated rings. The third-order valence-electron chi connectivity index (χ3n) is 5.76. The van der Waals surface area contributed by atoms with Crippen LogP contribution in [-0.2, 0) is 17.1 Å². The van der Waals surface area contributed by atoms with E-state index in [1.165, 1.54) is 57.6 Å². The number of nitrogens with zero attached hydrogens (tertiary/aromatic N) is 3. The second-order valence-corrected chi connectivity index (χ2v) is 10.2. The number of nitrogens with one attached hydrogen (secondary N) is 1. The van der Waals surface area contributed by atoms with Crippen LogP contribution < -0.4 is 5.32 Å². The Hall–Kier alpha value is -2.16. The fraction of sp³-hybridized carbons (Fsp3) is 0.500. The Bertz CT molecular complexity index is 943. The van der Waals surface area contributed by atoms with Crippen LogP contribution in [0.15, 0.2) is 47.5 Å². The van der Waals surface area contributed by atoms with Crippen LogP contribution in [0.5, 0.6) is 0 Å². The summed E-state index contributed by atoms with van der Waals surface area (Å²) < 4.78 is 27.7. The van der Waals surface area contributed by atoms with Gasteiger partial charge in [0.15, 0.2) is 0 Å². The number of amides is 1. The maximum Gasteiger partial charge on any atom is 0.251 e. The van der Waals surface area contributed by atoms with Crippen molar-refractivity contribution >= 4 is 15.9 Å². The van der Waals surface area contributed by atoms with Crippen molar-refractivity contribution < 1.29 is 13.2 Å². The topological polar surface area (TPSA) is 74.6 Å². The van der Waals surface area contributed by atoms with Crippen LogP contribution >= 0.6 is 0 Å². The highest BCUT2D eigenvalue weighted by Gasteiger charge is 2.24. The van der Waals surface area contributed by atoms with Crippen LogP contribution in [0.3, 0.4) is 0 Å². The monoisotopic (exact) mass is 432 g/mol. The molecule has 8 heteroatoms. The molecule has 0 radical (unpaired) electrons. The number of likely N-dealkylation sites (tertiary alicyclic amines) is 1. The van der Waals surface area contributed by atoms with Gasteiger partial charge in [-0.3, -0.25) is 9.69 Å². The minimum Gasteiger partial charge on any atom is -0.353 e. The Labute approximate surface area is 179 Å². The molecule has 0 saturated carbocycles. The first-order chi connectivity index (χ1) is 14.3. The average Bonchev–Trinajstić information content (AvgIpc) is 2.98. The number of hydrogen-bond donors (Lipinski definition) is 1. The molecule has 1 unspecified atom stereocenters. The number of hydrogen-bond acceptors (Lipinski definition) is 4. The lowest BCUT2D eigenvalue weighted by molar-refractivity contribution is 0.0931. The molecule has 1 N–H and O–H groups in total. The molecule has 0 spiro atoms. The Kier molecular flexibility index (Phi) is 7.33. The van der Waals surface area contributed by atoms with E-state index in [-0.39, 0.29) is 16.8 Å². The van der Waals surface area contributed by atoms with Crippen LogP contribution in [0.2, 0.25) is 0 Å². The quantitative estimate of drug-likeness (QED) is 0.730. The fourth-order valence-electron chi connectivity index (χ4n) is 3.93. The molecular formula is C22H32N4O3S. The molecule has 30 heavy (non-hydrogen) atoms. The Morgan fingerprint density at radius 3 is 2.23 bits per heavy atom. The van der Waals surface area contributed by atoms with E-state index < -0.39 is 10.0 Å². The van der Waals surface area contributed by atoms with E-state index in [1.807, 2.05) is 19.3 Å². The van der Waals surface area contributed by atoms with Gasteiger partial charge in [0, 0.05) is 45.1 Å². The van der Waals surface area contributed by atoms with Crippen molar-refractivity contribution in [2.24, 2.45) is 7.05 Å². The SMILES string of the molecule is CN(C)S(=O)(=O)c1ccc(C(=O)NCC(c2cccn2C)N2CCCCCC2)cc1. The Balaban J connectivity index is 1.72. The molecule has 1 aromatic carbocycles. The molecule has 164 valence electrons. The number of carbonyl (C=O) groups excluding carboxylic acids is 1. The van der Waals surface area contributed by atoms with Gasteiger partial charge in [0.2, 0.25) is 10.0 Å². The van der Waals surface area contributed by atoms with Gasteiger partial charge in [0.1, 0.15) is 0 Å². The molecule has 7 nitrogen and oxygen atoms in total. The predicted molar refractivity (Wildman–Crippen MR) is 118 cm³/mol. The van der Waals surface area contributed by atoms with Gasteiger partial charge < -0.3 is 9.88 Å². The smallest absolute Gasteiger partial charge is 0.251 e. The van der Waals surface area contributed by atoms with Crippen LogP contribution in [0.25, 0.3) is 0 Å². The van der Waals surface area contributed by atoms with Crippen molar-refractivity contribution in [1.82, 2.24) is 19.1 Å². The summed E-state index contributed by atoms with van der Waals surface area (Å²) in [5.41, 5.74) is 1.64. The Morgan fingerprint density at radius 1 is 1.07 bits per heavy atom. The standard InChI is InChI=1S/C22H32N4O3S/c1-24(2)30(28,29)19-12-10-18(11-13-19)22(27)23-17-21(20-9-8-14-25(20)3)26-15-6-4-5-7-16-26/h8-14,21H,4-7,15-17H2,1-3H3,(H,23,27).